The Morgan fingerprint density at radius 3 is 2.59 bits per heavy atom. The minimum atomic E-state index is 0.410. The standard InChI is InChI=1S/C12H12ClN3O/c1-17-7-10-6-11(14)16-12(15-10)8-2-4-9(13)5-3-8/h2-6H,7H2,1H3,(H2,14,15,16). The number of methoxy groups -OCH3 is 1. The fraction of sp³-hybridized carbons (Fsp3) is 0.167. The first-order valence-corrected chi connectivity index (χ1v) is 5.45. The van der Waals surface area contributed by atoms with Crippen molar-refractivity contribution < 1.29 is 4.74 Å². The van der Waals surface area contributed by atoms with E-state index in [-0.39, 0.29) is 0 Å². The van der Waals surface area contributed by atoms with E-state index in [0.29, 0.717) is 23.3 Å². The van der Waals surface area contributed by atoms with E-state index in [1.807, 2.05) is 12.1 Å². The van der Waals surface area contributed by atoms with Gasteiger partial charge in [-0.1, -0.05) is 11.6 Å². The smallest absolute Gasteiger partial charge is 0.161 e. The van der Waals surface area contributed by atoms with Crippen LogP contribution in [0.1, 0.15) is 5.69 Å². The number of anilines is 1. The maximum absolute atomic E-state index is 5.83. The third kappa shape index (κ3) is 2.93. The average Bonchev–Trinajstić information content (AvgIpc) is 2.29. The summed E-state index contributed by atoms with van der Waals surface area (Å²) in [5, 5.41) is 0.676. The van der Waals surface area contributed by atoms with E-state index in [2.05, 4.69) is 9.97 Å². The lowest BCUT2D eigenvalue weighted by molar-refractivity contribution is 0.181. The molecule has 5 heteroatoms. The van der Waals surface area contributed by atoms with Crippen LogP contribution in [-0.2, 0) is 11.3 Å². The first-order valence-electron chi connectivity index (χ1n) is 5.07. The van der Waals surface area contributed by atoms with Crippen LogP contribution < -0.4 is 5.73 Å². The molecule has 0 aliphatic rings. The lowest BCUT2D eigenvalue weighted by Gasteiger charge is -2.05. The van der Waals surface area contributed by atoms with Crippen LogP contribution in [0.3, 0.4) is 0 Å². The fourth-order valence-electron chi connectivity index (χ4n) is 1.47. The average molecular weight is 250 g/mol. The van der Waals surface area contributed by atoms with Crippen molar-refractivity contribution in [3.8, 4) is 11.4 Å². The quantitative estimate of drug-likeness (QED) is 0.908. The van der Waals surface area contributed by atoms with E-state index < -0.39 is 0 Å². The van der Waals surface area contributed by atoms with Gasteiger partial charge in [-0.2, -0.15) is 0 Å². The number of ether oxygens (including phenoxy) is 1. The lowest BCUT2D eigenvalue weighted by atomic mass is 10.2. The molecule has 2 rings (SSSR count). The molecule has 0 bridgehead atoms. The Hall–Kier alpha value is -1.65. The van der Waals surface area contributed by atoms with Gasteiger partial charge in [0.05, 0.1) is 12.3 Å². The highest BCUT2D eigenvalue weighted by atomic mass is 35.5. The highest BCUT2D eigenvalue weighted by Crippen LogP contribution is 2.19. The second-order valence-electron chi connectivity index (χ2n) is 3.55. The van der Waals surface area contributed by atoms with Gasteiger partial charge in [0.2, 0.25) is 0 Å². The number of aromatic nitrogens is 2. The maximum atomic E-state index is 5.83. The van der Waals surface area contributed by atoms with Crippen molar-refractivity contribution in [3.63, 3.8) is 0 Å². The Balaban J connectivity index is 2.40. The third-order valence-electron chi connectivity index (χ3n) is 2.19. The normalized spacial score (nSPS) is 10.5. The number of nitrogens with two attached hydrogens (primary N) is 1. The Bertz CT molecular complexity index is 514. The highest BCUT2D eigenvalue weighted by Gasteiger charge is 2.05. The number of benzene rings is 1. The predicted molar refractivity (Wildman–Crippen MR) is 67.6 cm³/mol. The van der Waals surface area contributed by atoms with Gasteiger partial charge in [0, 0.05) is 23.8 Å². The molecule has 0 fully saturated rings. The SMILES string of the molecule is COCc1cc(N)nc(-c2ccc(Cl)cc2)n1. The van der Waals surface area contributed by atoms with Crippen molar-refractivity contribution in [1.82, 2.24) is 9.97 Å². The van der Waals surface area contributed by atoms with Crippen LogP contribution >= 0.6 is 11.6 Å². The van der Waals surface area contributed by atoms with E-state index in [4.69, 9.17) is 22.1 Å². The van der Waals surface area contributed by atoms with Crippen LogP contribution in [0.5, 0.6) is 0 Å². The second-order valence-corrected chi connectivity index (χ2v) is 3.98. The summed E-state index contributed by atoms with van der Waals surface area (Å²) in [6.07, 6.45) is 0. The second kappa shape index (κ2) is 5.12. The molecule has 17 heavy (non-hydrogen) atoms. The van der Waals surface area contributed by atoms with Crippen molar-refractivity contribution >= 4 is 17.4 Å². The van der Waals surface area contributed by atoms with E-state index in [9.17, 15) is 0 Å². The summed E-state index contributed by atoms with van der Waals surface area (Å²) in [5.41, 5.74) is 7.35. The number of rotatable bonds is 3. The number of hydrogen-bond donors (Lipinski definition) is 1. The van der Waals surface area contributed by atoms with E-state index in [0.717, 1.165) is 11.3 Å². The summed E-state index contributed by atoms with van der Waals surface area (Å²) in [6.45, 7) is 0.410. The summed E-state index contributed by atoms with van der Waals surface area (Å²) in [5.74, 6) is 1.01. The Kier molecular flexibility index (Phi) is 3.56. The molecule has 0 saturated heterocycles. The molecule has 1 heterocycles. The van der Waals surface area contributed by atoms with Crippen LogP contribution in [0, 0.1) is 0 Å². The molecule has 0 spiro atoms. The van der Waals surface area contributed by atoms with Crippen molar-refractivity contribution in [2.75, 3.05) is 12.8 Å². The van der Waals surface area contributed by atoms with Gasteiger partial charge in [-0.25, -0.2) is 9.97 Å². The van der Waals surface area contributed by atoms with Gasteiger partial charge in [0.25, 0.3) is 0 Å². The molecule has 4 nitrogen and oxygen atoms in total. The van der Waals surface area contributed by atoms with Crippen LogP contribution in [0.2, 0.25) is 5.02 Å². The van der Waals surface area contributed by atoms with Crippen molar-refractivity contribution in [3.05, 3.63) is 41.0 Å². The zero-order chi connectivity index (χ0) is 12.3. The molecule has 2 aromatic rings. The molecular formula is C12H12ClN3O. The zero-order valence-electron chi connectivity index (χ0n) is 9.35. The van der Waals surface area contributed by atoms with Crippen molar-refractivity contribution in [2.24, 2.45) is 0 Å². The molecule has 0 saturated carbocycles. The van der Waals surface area contributed by atoms with Gasteiger partial charge in [-0.05, 0) is 24.3 Å². The zero-order valence-corrected chi connectivity index (χ0v) is 10.1. The number of nitrogen functional groups attached to an aromatic ring is 1. The van der Waals surface area contributed by atoms with Crippen molar-refractivity contribution in [1.29, 1.82) is 0 Å². The first kappa shape index (κ1) is 11.8. The number of nitrogens with zero attached hydrogens (tertiary/aromatic N) is 2. The van der Waals surface area contributed by atoms with Gasteiger partial charge >= 0.3 is 0 Å². The topological polar surface area (TPSA) is 61.0 Å². The molecule has 1 aromatic carbocycles. The summed E-state index contributed by atoms with van der Waals surface area (Å²) in [4.78, 5) is 8.55. The predicted octanol–water partition coefficient (Wildman–Crippen LogP) is 2.53. The summed E-state index contributed by atoms with van der Waals surface area (Å²) in [7, 11) is 1.61. The van der Waals surface area contributed by atoms with E-state index in [1.54, 1.807) is 25.3 Å². The highest BCUT2D eigenvalue weighted by molar-refractivity contribution is 6.30. The minimum Gasteiger partial charge on any atom is -0.384 e. The third-order valence-corrected chi connectivity index (χ3v) is 2.45. The van der Waals surface area contributed by atoms with Crippen LogP contribution in [0.15, 0.2) is 30.3 Å². The molecule has 0 aliphatic carbocycles. The largest absolute Gasteiger partial charge is 0.384 e. The van der Waals surface area contributed by atoms with Gasteiger partial charge < -0.3 is 10.5 Å². The van der Waals surface area contributed by atoms with Gasteiger partial charge in [0.15, 0.2) is 5.82 Å². The summed E-state index contributed by atoms with van der Waals surface area (Å²) in [6, 6.07) is 8.99. The van der Waals surface area contributed by atoms with Gasteiger partial charge in [-0.15, -0.1) is 0 Å². The monoisotopic (exact) mass is 249 g/mol. The number of hydrogen-bond acceptors (Lipinski definition) is 4. The van der Waals surface area contributed by atoms with E-state index in [1.165, 1.54) is 0 Å². The van der Waals surface area contributed by atoms with Crippen molar-refractivity contribution in [2.45, 2.75) is 6.61 Å². The Morgan fingerprint density at radius 1 is 1.24 bits per heavy atom. The number of halogens is 1. The molecule has 0 aliphatic heterocycles. The fourth-order valence-corrected chi connectivity index (χ4v) is 1.59. The maximum Gasteiger partial charge on any atom is 0.161 e. The Morgan fingerprint density at radius 2 is 1.94 bits per heavy atom. The van der Waals surface area contributed by atoms with Crippen LogP contribution in [-0.4, -0.2) is 17.1 Å². The summed E-state index contributed by atoms with van der Waals surface area (Å²) >= 11 is 5.83. The molecule has 2 N–H and O–H groups in total. The molecule has 88 valence electrons. The van der Waals surface area contributed by atoms with E-state index >= 15 is 0 Å². The Labute approximate surface area is 104 Å². The molecule has 0 radical (unpaired) electrons. The van der Waals surface area contributed by atoms with Crippen LogP contribution in [0.25, 0.3) is 11.4 Å². The van der Waals surface area contributed by atoms with Gasteiger partial charge in [0.1, 0.15) is 5.82 Å². The first-order chi connectivity index (χ1) is 8.19. The van der Waals surface area contributed by atoms with Gasteiger partial charge in [-0.3, -0.25) is 0 Å². The molecular weight excluding hydrogens is 238 g/mol. The molecule has 0 unspecified atom stereocenters. The molecule has 0 atom stereocenters. The minimum absolute atomic E-state index is 0.410. The van der Waals surface area contributed by atoms with Crippen LogP contribution in [0.4, 0.5) is 5.82 Å². The molecule has 0 amide bonds. The lowest BCUT2D eigenvalue weighted by Crippen LogP contribution is -2.01. The summed E-state index contributed by atoms with van der Waals surface area (Å²) < 4.78 is 5.03. The molecule has 1 aromatic heterocycles.